The first-order valence-corrected chi connectivity index (χ1v) is 10.5. The summed E-state index contributed by atoms with van der Waals surface area (Å²) in [6.45, 7) is 0. The van der Waals surface area contributed by atoms with Gasteiger partial charge in [-0.25, -0.2) is 4.79 Å². The van der Waals surface area contributed by atoms with E-state index in [0.29, 0.717) is 22.0 Å². The number of thiocarbonyl (C=S) groups is 1. The molecule has 1 aliphatic rings. The number of ether oxygens (including phenoxy) is 1. The van der Waals surface area contributed by atoms with Gasteiger partial charge in [0.25, 0.3) is 5.91 Å². The molecule has 6 nitrogen and oxygen atoms in total. The Morgan fingerprint density at radius 3 is 2.48 bits per heavy atom. The van der Waals surface area contributed by atoms with Crippen LogP contribution >= 0.6 is 24.0 Å². The topological polar surface area (TPSA) is 80.0 Å². The second-order valence-electron chi connectivity index (χ2n) is 6.63. The largest absolute Gasteiger partial charge is 0.497 e. The SMILES string of the molecule is COc1ccc(-c2ccc(/C=C3/SC(=S)N(C(C(=O)O)c4ccccc4)C3=O)o2)cc1. The van der Waals surface area contributed by atoms with E-state index >= 15 is 0 Å². The van der Waals surface area contributed by atoms with E-state index in [1.165, 1.54) is 0 Å². The summed E-state index contributed by atoms with van der Waals surface area (Å²) in [6.07, 6.45) is 1.58. The highest BCUT2D eigenvalue weighted by Crippen LogP contribution is 2.38. The Labute approximate surface area is 188 Å². The highest BCUT2D eigenvalue weighted by molar-refractivity contribution is 8.26. The van der Waals surface area contributed by atoms with Crippen molar-refractivity contribution in [2.75, 3.05) is 7.11 Å². The second kappa shape index (κ2) is 8.79. The number of amides is 1. The van der Waals surface area contributed by atoms with E-state index < -0.39 is 17.9 Å². The molecule has 2 heterocycles. The molecule has 4 rings (SSSR count). The molecule has 1 saturated heterocycles. The lowest BCUT2D eigenvalue weighted by molar-refractivity contribution is -0.145. The van der Waals surface area contributed by atoms with Crippen LogP contribution in [0.25, 0.3) is 17.4 Å². The molecule has 8 heteroatoms. The molecule has 1 aliphatic heterocycles. The van der Waals surface area contributed by atoms with Crippen LogP contribution < -0.4 is 4.74 Å². The van der Waals surface area contributed by atoms with Crippen LogP contribution in [0.3, 0.4) is 0 Å². The quantitative estimate of drug-likeness (QED) is 0.418. The molecule has 0 saturated carbocycles. The van der Waals surface area contributed by atoms with Gasteiger partial charge in [0.2, 0.25) is 0 Å². The molecule has 156 valence electrons. The van der Waals surface area contributed by atoms with Crippen molar-refractivity contribution in [2.45, 2.75) is 6.04 Å². The summed E-state index contributed by atoms with van der Waals surface area (Å²) in [5, 5.41) is 9.76. The number of carboxylic acid groups (broad SMARTS) is 1. The average Bonchev–Trinajstić information content (AvgIpc) is 3.35. The predicted molar refractivity (Wildman–Crippen MR) is 123 cm³/mol. The minimum Gasteiger partial charge on any atom is -0.497 e. The van der Waals surface area contributed by atoms with E-state index in [1.54, 1.807) is 55.7 Å². The summed E-state index contributed by atoms with van der Waals surface area (Å²) in [5.74, 6) is 0.234. The number of carbonyl (C=O) groups is 2. The summed E-state index contributed by atoms with van der Waals surface area (Å²) in [4.78, 5) is 26.4. The lowest BCUT2D eigenvalue weighted by Gasteiger charge is -2.23. The van der Waals surface area contributed by atoms with Crippen LogP contribution in [0.4, 0.5) is 0 Å². The van der Waals surface area contributed by atoms with Crippen molar-refractivity contribution < 1.29 is 23.8 Å². The fraction of sp³-hybridized carbons (Fsp3) is 0.0870. The Hall–Kier alpha value is -3.36. The van der Waals surface area contributed by atoms with Gasteiger partial charge in [0.1, 0.15) is 21.6 Å². The molecule has 1 fully saturated rings. The van der Waals surface area contributed by atoms with Crippen LogP contribution in [0.1, 0.15) is 17.4 Å². The zero-order chi connectivity index (χ0) is 22.0. The molecule has 1 amide bonds. The molecular formula is C23H17NO5S2. The van der Waals surface area contributed by atoms with E-state index in [0.717, 1.165) is 28.0 Å². The zero-order valence-corrected chi connectivity index (χ0v) is 18.0. The van der Waals surface area contributed by atoms with Gasteiger partial charge in [0, 0.05) is 11.6 Å². The number of methoxy groups -OCH3 is 1. The molecule has 0 aliphatic carbocycles. The second-order valence-corrected chi connectivity index (χ2v) is 8.31. The summed E-state index contributed by atoms with van der Waals surface area (Å²) in [7, 11) is 1.60. The molecule has 0 radical (unpaired) electrons. The van der Waals surface area contributed by atoms with Gasteiger partial charge in [-0.2, -0.15) is 0 Å². The maximum absolute atomic E-state index is 13.0. The van der Waals surface area contributed by atoms with E-state index in [9.17, 15) is 14.7 Å². The monoisotopic (exact) mass is 451 g/mol. The number of carbonyl (C=O) groups excluding carboxylic acids is 1. The fourth-order valence-electron chi connectivity index (χ4n) is 3.21. The Morgan fingerprint density at radius 2 is 1.84 bits per heavy atom. The van der Waals surface area contributed by atoms with Crippen LogP contribution in [0, 0.1) is 0 Å². The molecule has 3 aromatic rings. The molecule has 31 heavy (non-hydrogen) atoms. The van der Waals surface area contributed by atoms with Crippen LogP contribution in [0.15, 0.2) is 76.1 Å². The summed E-state index contributed by atoms with van der Waals surface area (Å²) >= 11 is 6.39. The Balaban J connectivity index is 1.60. The number of hydrogen-bond acceptors (Lipinski definition) is 6. The minimum absolute atomic E-state index is 0.189. The number of furan rings is 1. The third kappa shape index (κ3) is 4.26. The van der Waals surface area contributed by atoms with Gasteiger partial charge < -0.3 is 14.3 Å². The van der Waals surface area contributed by atoms with Crippen molar-refractivity contribution in [1.82, 2.24) is 4.90 Å². The third-order valence-electron chi connectivity index (χ3n) is 4.71. The Bertz CT molecular complexity index is 1170. The maximum Gasteiger partial charge on any atom is 0.331 e. The molecule has 1 unspecified atom stereocenters. The van der Waals surface area contributed by atoms with E-state index in [1.807, 2.05) is 24.3 Å². The highest BCUT2D eigenvalue weighted by atomic mass is 32.2. The van der Waals surface area contributed by atoms with Crippen LogP contribution in [0.2, 0.25) is 0 Å². The lowest BCUT2D eigenvalue weighted by atomic mass is 10.1. The molecule has 0 spiro atoms. The van der Waals surface area contributed by atoms with Crippen molar-refractivity contribution in [3.8, 4) is 17.1 Å². The lowest BCUT2D eigenvalue weighted by Crippen LogP contribution is -2.37. The number of carboxylic acids is 1. The van der Waals surface area contributed by atoms with E-state index in [4.69, 9.17) is 21.4 Å². The first-order valence-electron chi connectivity index (χ1n) is 9.27. The van der Waals surface area contributed by atoms with Crippen LogP contribution in [-0.2, 0) is 9.59 Å². The van der Waals surface area contributed by atoms with Gasteiger partial charge in [-0.1, -0.05) is 54.3 Å². The standard InChI is InChI=1S/C23H17NO5S2/c1-28-16-9-7-14(8-10-16)18-12-11-17(29-18)13-19-21(25)24(23(30)31-19)20(22(26)27)15-5-3-2-4-6-15/h2-13,20H,1H3,(H,26,27)/b19-13+. The Morgan fingerprint density at radius 1 is 1.13 bits per heavy atom. The van der Waals surface area contributed by atoms with Crippen molar-refractivity contribution in [2.24, 2.45) is 0 Å². The molecular weight excluding hydrogens is 434 g/mol. The molecule has 1 aromatic heterocycles. The zero-order valence-electron chi connectivity index (χ0n) is 16.3. The van der Waals surface area contributed by atoms with Gasteiger partial charge in [-0.3, -0.25) is 9.69 Å². The fourth-order valence-corrected chi connectivity index (χ4v) is 4.50. The average molecular weight is 452 g/mol. The van der Waals surface area contributed by atoms with Crippen LogP contribution in [-0.4, -0.2) is 33.3 Å². The first-order chi connectivity index (χ1) is 15.0. The summed E-state index contributed by atoms with van der Waals surface area (Å²) < 4.78 is 11.2. The van der Waals surface area contributed by atoms with E-state index in [-0.39, 0.29) is 4.32 Å². The van der Waals surface area contributed by atoms with Crippen molar-refractivity contribution in [3.05, 3.63) is 83.0 Å². The number of hydrogen-bond donors (Lipinski definition) is 1. The number of rotatable bonds is 6. The number of aliphatic carboxylic acids is 1. The Kier molecular flexibility index (Phi) is 5.92. The number of thioether (sulfide) groups is 1. The maximum atomic E-state index is 13.0. The molecule has 1 atom stereocenters. The first kappa shape index (κ1) is 20.9. The molecule has 0 bridgehead atoms. The van der Waals surface area contributed by atoms with Crippen molar-refractivity contribution in [3.63, 3.8) is 0 Å². The number of nitrogens with zero attached hydrogens (tertiary/aromatic N) is 1. The third-order valence-corrected chi connectivity index (χ3v) is 6.04. The predicted octanol–water partition coefficient (Wildman–Crippen LogP) is 4.98. The van der Waals surface area contributed by atoms with Crippen LogP contribution in [0.5, 0.6) is 5.75 Å². The normalized spacial score (nSPS) is 16.0. The number of benzene rings is 2. The molecule has 1 N–H and O–H groups in total. The summed E-state index contributed by atoms with van der Waals surface area (Å²) in [5.41, 5.74) is 1.34. The van der Waals surface area contributed by atoms with E-state index in [2.05, 4.69) is 0 Å². The van der Waals surface area contributed by atoms with Gasteiger partial charge in [-0.05, 0) is 42.0 Å². The summed E-state index contributed by atoms with van der Waals surface area (Å²) in [6, 6.07) is 18.3. The molecule has 2 aromatic carbocycles. The highest BCUT2D eigenvalue weighted by Gasteiger charge is 2.41. The van der Waals surface area contributed by atoms with Gasteiger partial charge >= 0.3 is 5.97 Å². The van der Waals surface area contributed by atoms with Crippen molar-refractivity contribution in [1.29, 1.82) is 0 Å². The van der Waals surface area contributed by atoms with Gasteiger partial charge in [-0.15, -0.1) is 0 Å². The minimum atomic E-state index is -1.19. The van der Waals surface area contributed by atoms with Gasteiger partial charge in [0.05, 0.1) is 12.0 Å². The smallest absolute Gasteiger partial charge is 0.331 e. The van der Waals surface area contributed by atoms with Gasteiger partial charge in [0.15, 0.2) is 6.04 Å². The van der Waals surface area contributed by atoms with Crippen molar-refractivity contribution >= 4 is 46.3 Å².